The van der Waals surface area contributed by atoms with Crippen molar-refractivity contribution in [2.45, 2.75) is 11.3 Å². The molecule has 0 atom stereocenters. The topological polar surface area (TPSA) is 64.1 Å². The minimum absolute atomic E-state index is 0.123. The molecule has 0 aliphatic rings. The van der Waals surface area contributed by atoms with E-state index in [1.54, 1.807) is 42.5 Å². The smallest absolute Gasteiger partial charge is 0.433 e. The maximum atomic E-state index is 13.3. The summed E-state index contributed by atoms with van der Waals surface area (Å²) in [6, 6.07) is 14.0. The molecule has 3 aromatic rings. The molecule has 5 nitrogen and oxygen atoms in total. The number of amides is 1. The van der Waals surface area contributed by atoms with E-state index in [0.717, 1.165) is 17.8 Å². The molecule has 2 aromatic carbocycles. The summed E-state index contributed by atoms with van der Waals surface area (Å²) in [5.74, 6) is -0.271. The molecular weight excluding hydrogens is 439 g/mol. The molecule has 1 N–H and O–H groups in total. The second-order valence-electron chi connectivity index (χ2n) is 5.97. The average molecular weight is 454 g/mol. The summed E-state index contributed by atoms with van der Waals surface area (Å²) in [7, 11) is 1.44. The van der Waals surface area contributed by atoms with Gasteiger partial charge >= 0.3 is 6.18 Å². The summed E-state index contributed by atoms with van der Waals surface area (Å²) in [6.07, 6.45) is -4.64. The van der Waals surface area contributed by atoms with Gasteiger partial charge in [-0.15, -0.1) is 0 Å². The van der Waals surface area contributed by atoms with Crippen LogP contribution in [0.3, 0.4) is 0 Å². The van der Waals surface area contributed by atoms with Crippen LogP contribution in [0.25, 0.3) is 11.3 Å². The number of nitrogens with zero attached hydrogens (tertiary/aromatic N) is 2. The van der Waals surface area contributed by atoms with E-state index < -0.39 is 17.8 Å². The van der Waals surface area contributed by atoms with Gasteiger partial charge in [0, 0.05) is 10.6 Å². The number of ether oxygens (including phenoxy) is 1. The van der Waals surface area contributed by atoms with E-state index in [-0.39, 0.29) is 16.6 Å². The van der Waals surface area contributed by atoms with Gasteiger partial charge in [-0.25, -0.2) is 9.97 Å². The Morgan fingerprint density at radius 1 is 1.13 bits per heavy atom. The Bertz CT molecular complexity index is 1050. The molecule has 0 aliphatic heterocycles. The predicted molar refractivity (Wildman–Crippen MR) is 110 cm³/mol. The Kier molecular flexibility index (Phi) is 6.84. The number of hydrogen-bond donors (Lipinski definition) is 1. The van der Waals surface area contributed by atoms with E-state index in [9.17, 15) is 18.0 Å². The Balaban J connectivity index is 1.79. The quantitative estimate of drug-likeness (QED) is 0.391. The number of carbonyl (C=O) groups is 1. The number of alkyl halides is 3. The van der Waals surface area contributed by atoms with Gasteiger partial charge < -0.3 is 10.1 Å². The van der Waals surface area contributed by atoms with Crippen molar-refractivity contribution in [3.05, 3.63) is 65.3 Å². The standard InChI is InChI=1S/C20H15ClF3N3O2S/c1-29-16-8-7-13(21)9-15(16)25-18(28)11-30-19-26-14(12-5-3-2-4-6-12)10-17(27-19)20(22,23)24/h2-10H,11H2,1H3,(H,25,28). The molecule has 0 unspecified atom stereocenters. The fourth-order valence-electron chi connectivity index (χ4n) is 2.49. The van der Waals surface area contributed by atoms with Crippen LogP contribution in [-0.2, 0) is 11.0 Å². The van der Waals surface area contributed by atoms with Crippen molar-refractivity contribution in [3.8, 4) is 17.0 Å². The van der Waals surface area contributed by atoms with Crippen LogP contribution < -0.4 is 10.1 Å². The van der Waals surface area contributed by atoms with Gasteiger partial charge in [-0.1, -0.05) is 53.7 Å². The van der Waals surface area contributed by atoms with Crippen molar-refractivity contribution in [3.63, 3.8) is 0 Å². The number of benzene rings is 2. The van der Waals surface area contributed by atoms with Gasteiger partial charge in [-0.2, -0.15) is 13.2 Å². The summed E-state index contributed by atoms with van der Waals surface area (Å²) in [4.78, 5) is 20.0. The first-order chi connectivity index (χ1) is 14.3. The third-order valence-electron chi connectivity index (χ3n) is 3.83. The van der Waals surface area contributed by atoms with E-state index in [1.165, 1.54) is 13.2 Å². The van der Waals surface area contributed by atoms with Crippen LogP contribution in [0, 0.1) is 0 Å². The Labute approximate surface area is 179 Å². The first-order valence-electron chi connectivity index (χ1n) is 8.54. The van der Waals surface area contributed by atoms with E-state index in [0.29, 0.717) is 22.0 Å². The highest BCUT2D eigenvalue weighted by atomic mass is 35.5. The van der Waals surface area contributed by atoms with Gasteiger partial charge in [0.15, 0.2) is 5.16 Å². The van der Waals surface area contributed by atoms with Crippen molar-refractivity contribution >= 4 is 35.0 Å². The molecule has 3 rings (SSSR count). The highest BCUT2D eigenvalue weighted by molar-refractivity contribution is 7.99. The van der Waals surface area contributed by atoms with Crippen LogP contribution in [0.15, 0.2) is 59.8 Å². The summed E-state index contributed by atoms with van der Waals surface area (Å²) < 4.78 is 44.9. The first kappa shape index (κ1) is 21.9. The lowest BCUT2D eigenvalue weighted by Gasteiger charge is -2.12. The molecular formula is C20H15ClF3N3O2S. The molecule has 0 radical (unpaired) electrons. The number of nitrogens with one attached hydrogen (secondary N) is 1. The second kappa shape index (κ2) is 9.36. The highest BCUT2D eigenvalue weighted by Gasteiger charge is 2.34. The normalized spacial score (nSPS) is 11.2. The number of halogens is 4. The Morgan fingerprint density at radius 3 is 2.53 bits per heavy atom. The highest BCUT2D eigenvalue weighted by Crippen LogP contribution is 2.32. The Morgan fingerprint density at radius 2 is 1.87 bits per heavy atom. The van der Waals surface area contributed by atoms with E-state index in [1.807, 2.05) is 0 Å². The summed E-state index contributed by atoms with van der Waals surface area (Å²) in [6.45, 7) is 0. The SMILES string of the molecule is COc1ccc(Cl)cc1NC(=O)CSc1nc(-c2ccccc2)cc(C(F)(F)F)n1. The number of carbonyl (C=O) groups excluding carboxylic acids is 1. The number of thioether (sulfide) groups is 1. The predicted octanol–water partition coefficient (Wildman–Crippen LogP) is 5.56. The van der Waals surface area contributed by atoms with Crippen LogP contribution in [-0.4, -0.2) is 28.7 Å². The summed E-state index contributed by atoms with van der Waals surface area (Å²) in [5, 5.41) is 2.86. The molecule has 0 saturated carbocycles. The van der Waals surface area contributed by atoms with Gasteiger partial charge in [-0.05, 0) is 24.3 Å². The van der Waals surface area contributed by atoms with Crippen LogP contribution in [0.2, 0.25) is 5.02 Å². The summed E-state index contributed by atoms with van der Waals surface area (Å²) >= 11 is 6.72. The number of rotatable bonds is 6. The maximum absolute atomic E-state index is 13.3. The molecule has 156 valence electrons. The molecule has 1 aromatic heterocycles. The number of methoxy groups -OCH3 is 1. The fourth-order valence-corrected chi connectivity index (χ4v) is 3.32. The Hall–Kier alpha value is -2.78. The van der Waals surface area contributed by atoms with Gasteiger partial charge in [0.25, 0.3) is 0 Å². The first-order valence-corrected chi connectivity index (χ1v) is 9.90. The lowest BCUT2D eigenvalue weighted by molar-refractivity contribution is -0.141. The van der Waals surface area contributed by atoms with Gasteiger partial charge in [0.05, 0.1) is 24.2 Å². The van der Waals surface area contributed by atoms with Crippen LogP contribution in [0.4, 0.5) is 18.9 Å². The van der Waals surface area contributed by atoms with Crippen molar-refractivity contribution in [1.82, 2.24) is 9.97 Å². The molecule has 0 aliphatic carbocycles. The minimum atomic E-state index is -4.64. The number of aromatic nitrogens is 2. The number of hydrogen-bond acceptors (Lipinski definition) is 5. The zero-order valence-electron chi connectivity index (χ0n) is 15.5. The van der Waals surface area contributed by atoms with Crippen LogP contribution in [0.5, 0.6) is 5.75 Å². The lowest BCUT2D eigenvalue weighted by Crippen LogP contribution is -2.15. The molecule has 0 bridgehead atoms. The zero-order chi connectivity index (χ0) is 21.7. The third kappa shape index (κ3) is 5.64. The lowest BCUT2D eigenvalue weighted by atomic mass is 10.1. The monoisotopic (exact) mass is 453 g/mol. The largest absolute Gasteiger partial charge is 0.495 e. The zero-order valence-corrected chi connectivity index (χ0v) is 17.1. The van der Waals surface area contributed by atoms with Gasteiger partial charge in [0.2, 0.25) is 5.91 Å². The number of anilines is 1. The van der Waals surface area contributed by atoms with Crippen molar-refractivity contribution in [2.75, 3.05) is 18.2 Å². The third-order valence-corrected chi connectivity index (χ3v) is 4.92. The fraction of sp³-hybridized carbons (Fsp3) is 0.150. The maximum Gasteiger partial charge on any atom is 0.433 e. The van der Waals surface area contributed by atoms with Crippen molar-refractivity contribution in [1.29, 1.82) is 0 Å². The van der Waals surface area contributed by atoms with Crippen LogP contribution >= 0.6 is 23.4 Å². The van der Waals surface area contributed by atoms with E-state index >= 15 is 0 Å². The minimum Gasteiger partial charge on any atom is -0.495 e. The molecule has 10 heteroatoms. The average Bonchev–Trinajstić information content (AvgIpc) is 2.72. The van der Waals surface area contributed by atoms with Crippen molar-refractivity contribution < 1.29 is 22.7 Å². The molecule has 0 saturated heterocycles. The van der Waals surface area contributed by atoms with Crippen LogP contribution in [0.1, 0.15) is 5.69 Å². The van der Waals surface area contributed by atoms with Crippen molar-refractivity contribution in [2.24, 2.45) is 0 Å². The van der Waals surface area contributed by atoms with Gasteiger partial charge in [0.1, 0.15) is 11.4 Å². The molecule has 0 fully saturated rings. The molecule has 30 heavy (non-hydrogen) atoms. The summed E-state index contributed by atoms with van der Waals surface area (Å²) in [5.41, 5.74) is -0.0842. The van der Waals surface area contributed by atoms with E-state index in [2.05, 4.69) is 15.3 Å². The molecule has 1 heterocycles. The van der Waals surface area contributed by atoms with E-state index in [4.69, 9.17) is 16.3 Å². The second-order valence-corrected chi connectivity index (χ2v) is 7.35. The molecule has 0 spiro atoms. The molecule has 1 amide bonds. The van der Waals surface area contributed by atoms with Gasteiger partial charge in [-0.3, -0.25) is 4.79 Å².